The third-order valence-electron chi connectivity index (χ3n) is 4.45. The Hall–Kier alpha value is -3.75. The first-order chi connectivity index (χ1) is 14.1. The Labute approximate surface area is 172 Å². The fraction of sp³-hybridized carbons (Fsp3) is 0.238. The van der Waals surface area contributed by atoms with Crippen LogP contribution in [0.1, 0.15) is 30.8 Å². The third kappa shape index (κ3) is 4.99. The molecule has 8 nitrogen and oxygen atoms in total. The molecule has 5 N–H and O–H groups in total. The number of allylic oxidation sites excluding steroid dienone is 2. The Kier molecular flexibility index (Phi) is 5.81. The van der Waals surface area contributed by atoms with Gasteiger partial charge in [0.05, 0.1) is 0 Å². The summed E-state index contributed by atoms with van der Waals surface area (Å²) in [6.45, 7) is 3.18. The Bertz CT molecular complexity index is 1030. The first kappa shape index (κ1) is 21.0. The highest BCUT2D eigenvalue weighted by Gasteiger charge is 2.26. The van der Waals surface area contributed by atoms with Gasteiger partial charge in [0.25, 0.3) is 5.91 Å². The molecule has 1 atom stereocenters. The summed E-state index contributed by atoms with van der Waals surface area (Å²) in [4.78, 5) is 31.8. The number of halogens is 1. The third-order valence-corrected chi connectivity index (χ3v) is 4.45. The molecule has 9 heteroatoms. The van der Waals surface area contributed by atoms with E-state index in [1.165, 1.54) is 18.2 Å². The van der Waals surface area contributed by atoms with Gasteiger partial charge >= 0.3 is 0 Å². The monoisotopic (exact) mass is 411 g/mol. The van der Waals surface area contributed by atoms with Gasteiger partial charge in [-0.2, -0.15) is 0 Å². The molecule has 0 aliphatic heterocycles. The van der Waals surface area contributed by atoms with Crippen LogP contribution in [0.3, 0.4) is 0 Å². The summed E-state index contributed by atoms with van der Waals surface area (Å²) in [6.07, 6.45) is 4.68. The highest BCUT2D eigenvalue weighted by molar-refractivity contribution is 5.92. The number of amides is 2. The van der Waals surface area contributed by atoms with Crippen molar-refractivity contribution in [2.45, 2.75) is 31.9 Å². The van der Waals surface area contributed by atoms with E-state index in [2.05, 4.69) is 15.3 Å². The SMILES string of the molecule is CC(C)(Nc1cc(C(N)=O)nc(-c2ccc(OC3C=CC(F)=CC3)cc2)n1)C(N)=O. The van der Waals surface area contributed by atoms with Crippen molar-refractivity contribution in [3.8, 4) is 17.1 Å². The maximum Gasteiger partial charge on any atom is 0.267 e. The van der Waals surface area contributed by atoms with Crippen LogP contribution in [0.25, 0.3) is 11.4 Å². The van der Waals surface area contributed by atoms with Gasteiger partial charge in [0.1, 0.15) is 34.7 Å². The van der Waals surface area contributed by atoms with E-state index in [4.69, 9.17) is 16.2 Å². The van der Waals surface area contributed by atoms with Crippen molar-refractivity contribution >= 4 is 17.6 Å². The van der Waals surface area contributed by atoms with Crippen LogP contribution in [-0.4, -0.2) is 33.4 Å². The number of rotatable bonds is 7. The minimum absolute atomic E-state index is 0.00995. The number of hydrogen-bond acceptors (Lipinski definition) is 6. The summed E-state index contributed by atoms with van der Waals surface area (Å²) in [6, 6.07) is 8.25. The van der Waals surface area contributed by atoms with E-state index < -0.39 is 17.4 Å². The van der Waals surface area contributed by atoms with Crippen molar-refractivity contribution < 1.29 is 18.7 Å². The first-order valence-electron chi connectivity index (χ1n) is 9.22. The lowest BCUT2D eigenvalue weighted by Crippen LogP contribution is -2.45. The van der Waals surface area contributed by atoms with Gasteiger partial charge in [-0.05, 0) is 56.3 Å². The zero-order valence-electron chi connectivity index (χ0n) is 16.6. The van der Waals surface area contributed by atoms with Crippen molar-refractivity contribution in [1.29, 1.82) is 0 Å². The highest BCUT2D eigenvalue weighted by atomic mass is 19.1. The average molecular weight is 411 g/mol. The molecule has 0 saturated heterocycles. The molecular formula is C21H22FN5O3. The number of hydrogen-bond donors (Lipinski definition) is 3. The molecule has 3 rings (SSSR count). The summed E-state index contributed by atoms with van der Waals surface area (Å²) < 4.78 is 18.8. The number of nitrogens with two attached hydrogens (primary N) is 2. The van der Waals surface area contributed by atoms with Crippen molar-refractivity contribution in [2.75, 3.05) is 5.32 Å². The second-order valence-corrected chi connectivity index (χ2v) is 7.31. The van der Waals surface area contributed by atoms with Gasteiger partial charge in [-0.25, -0.2) is 14.4 Å². The van der Waals surface area contributed by atoms with E-state index in [9.17, 15) is 14.0 Å². The highest BCUT2D eigenvalue weighted by Crippen LogP contribution is 2.24. The van der Waals surface area contributed by atoms with Crippen LogP contribution >= 0.6 is 0 Å². The standard InChI is InChI=1S/C21H22FN5O3/c1-21(2,20(24)29)27-17-11-16(18(23)28)25-19(26-17)12-3-7-14(8-4-12)30-15-9-5-13(22)6-10-15/h3-9,11,15H,10H2,1-2H3,(H2,23,28)(H2,24,29)(H,25,26,27). The number of aromatic nitrogens is 2. The number of primary amides is 2. The topological polar surface area (TPSA) is 133 Å². The molecule has 1 aromatic carbocycles. The average Bonchev–Trinajstić information content (AvgIpc) is 2.69. The molecule has 0 saturated carbocycles. The van der Waals surface area contributed by atoms with Crippen LogP contribution in [0, 0.1) is 0 Å². The van der Waals surface area contributed by atoms with Crippen molar-refractivity contribution in [1.82, 2.24) is 9.97 Å². The second-order valence-electron chi connectivity index (χ2n) is 7.31. The number of ether oxygens (including phenoxy) is 1. The minimum atomic E-state index is -1.10. The van der Waals surface area contributed by atoms with E-state index in [-0.39, 0.29) is 29.3 Å². The zero-order chi connectivity index (χ0) is 21.9. The Morgan fingerprint density at radius 1 is 1.20 bits per heavy atom. The molecule has 0 bridgehead atoms. The molecule has 1 aliphatic rings. The smallest absolute Gasteiger partial charge is 0.267 e. The van der Waals surface area contributed by atoms with Crippen molar-refractivity contribution in [3.05, 3.63) is 60.1 Å². The normalized spacial score (nSPS) is 16.0. The summed E-state index contributed by atoms with van der Waals surface area (Å²) >= 11 is 0. The fourth-order valence-electron chi connectivity index (χ4n) is 2.67. The van der Waals surface area contributed by atoms with Crippen molar-refractivity contribution in [3.63, 3.8) is 0 Å². The second kappa shape index (κ2) is 8.32. The molecule has 1 heterocycles. The quantitative estimate of drug-likeness (QED) is 0.641. The number of nitrogens with one attached hydrogen (secondary N) is 1. The van der Waals surface area contributed by atoms with Crippen LogP contribution in [0.2, 0.25) is 0 Å². The largest absolute Gasteiger partial charge is 0.486 e. The van der Waals surface area contributed by atoms with Crippen LogP contribution in [0.5, 0.6) is 5.75 Å². The van der Waals surface area contributed by atoms with Crippen LogP contribution in [-0.2, 0) is 4.79 Å². The van der Waals surface area contributed by atoms with Gasteiger partial charge in [0, 0.05) is 18.1 Å². The molecule has 1 unspecified atom stereocenters. The summed E-state index contributed by atoms with van der Waals surface area (Å²) in [5.74, 6) is -0.537. The summed E-state index contributed by atoms with van der Waals surface area (Å²) in [5, 5.41) is 2.89. The number of carbonyl (C=O) groups excluding carboxylic acids is 2. The number of anilines is 1. The first-order valence-corrected chi connectivity index (χ1v) is 9.22. The number of nitrogens with zero attached hydrogens (tertiary/aromatic N) is 2. The van der Waals surface area contributed by atoms with Gasteiger partial charge in [0.2, 0.25) is 5.91 Å². The minimum Gasteiger partial charge on any atom is -0.486 e. The van der Waals surface area contributed by atoms with E-state index >= 15 is 0 Å². The van der Waals surface area contributed by atoms with Gasteiger partial charge in [-0.15, -0.1) is 0 Å². The zero-order valence-corrected chi connectivity index (χ0v) is 16.6. The molecular weight excluding hydrogens is 389 g/mol. The molecule has 156 valence electrons. The molecule has 1 aliphatic carbocycles. The van der Waals surface area contributed by atoms with Crippen LogP contribution < -0.4 is 21.5 Å². The number of benzene rings is 1. The lowest BCUT2D eigenvalue weighted by molar-refractivity contribution is -0.121. The van der Waals surface area contributed by atoms with E-state index in [0.29, 0.717) is 17.7 Å². The Morgan fingerprint density at radius 2 is 1.90 bits per heavy atom. The molecule has 30 heavy (non-hydrogen) atoms. The van der Waals surface area contributed by atoms with E-state index in [1.807, 2.05) is 0 Å². The lowest BCUT2D eigenvalue weighted by atomic mass is 10.1. The molecule has 0 fully saturated rings. The van der Waals surface area contributed by atoms with E-state index in [1.54, 1.807) is 44.2 Å². The summed E-state index contributed by atoms with van der Waals surface area (Å²) in [5.41, 5.74) is 10.3. The van der Waals surface area contributed by atoms with Gasteiger partial charge in [-0.1, -0.05) is 0 Å². The summed E-state index contributed by atoms with van der Waals surface area (Å²) in [7, 11) is 0. The molecule has 2 aromatic rings. The van der Waals surface area contributed by atoms with Crippen LogP contribution in [0.4, 0.5) is 10.2 Å². The molecule has 0 spiro atoms. The Morgan fingerprint density at radius 3 is 2.47 bits per heavy atom. The maximum atomic E-state index is 13.0. The Balaban J connectivity index is 1.84. The predicted octanol–water partition coefficient (Wildman–Crippen LogP) is 2.48. The molecule has 1 aromatic heterocycles. The van der Waals surface area contributed by atoms with Gasteiger partial charge in [0.15, 0.2) is 5.82 Å². The molecule has 0 radical (unpaired) electrons. The van der Waals surface area contributed by atoms with Crippen molar-refractivity contribution in [2.24, 2.45) is 11.5 Å². The predicted molar refractivity (Wildman–Crippen MR) is 110 cm³/mol. The van der Waals surface area contributed by atoms with Gasteiger partial charge < -0.3 is 21.5 Å². The lowest BCUT2D eigenvalue weighted by Gasteiger charge is -2.23. The van der Waals surface area contributed by atoms with E-state index in [0.717, 1.165) is 0 Å². The maximum absolute atomic E-state index is 13.0. The number of carbonyl (C=O) groups is 2. The fourth-order valence-corrected chi connectivity index (χ4v) is 2.67. The van der Waals surface area contributed by atoms with Crippen LogP contribution in [0.15, 0.2) is 54.4 Å². The molecule has 2 amide bonds. The van der Waals surface area contributed by atoms with Gasteiger partial charge in [-0.3, -0.25) is 9.59 Å².